The summed E-state index contributed by atoms with van der Waals surface area (Å²) >= 11 is 0. The van der Waals surface area contributed by atoms with E-state index in [4.69, 9.17) is 15.2 Å². The highest BCUT2D eigenvalue weighted by Gasteiger charge is 2.43. The van der Waals surface area contributed by atoms with Crippen molar-refractivity contribution in [2.45, 2.75) is 24.9 Å². The largest absolute Gasteiger partial charge is 0.492 e. The minimum absolute atomic E-state index is 0.183. The Labute approximate surface area is 182 Å². The maximum Gasteiger partial charge on any atom is 0.282 e. The summed E-state index contributed by atoms with van der Waals surface area (Å²) < 4.78 is 55.4. The Balaban J connectivity index is 1.56. The Hall–Kier alpha value is -2.04. The van der Waals surface area contributed by atoms with Gasteiger partial charge in [-0.25, -0.2) is 4.39 Å². The van der Waals surface area contributed by atoms with Crippen LogP contribution in [0.15, 0.2) is 48.5 Å². The van der Waals surface area contributed by atoms with Gasteiger partial charge >= 0.3 is 0 Å². The molecule has 0 radical (unpaired) electrons. The summed E-state index contributed by atoms with van der Waals surface area (Å²) in [6.07, 6.45) is 0.487. The predicted octanol–water partition coefficient (Wildman–Crippen LogP) is 2.10. The van der Waals surface area contributed by atoms with Crippen molar-refractivity contribution in [2.24, 2.45) is 5.73 Å². The van der Waals surface area contributed by atoms with Crippen LogP contribution in [0.5, 0.6) is 5.75 Å². The first-order chi connectivity index (χ1) is 15.0. The third-order valence-corrected chi connectivity index (χ3v) is 7.94. The second-order valence-corrected chi connectivity index (χ2v) is 9.74. The third-order valence-electron chi connectivity index (χ3n) is 5.88. The highest BCUT2D eigenvalue weighted by Crippen LogP contribution is 2.36. The van der Waals surface area contributed by atoms with E-state index in [0.717, 1.165) is 5.56 Å². The molecule has 2 aliphatic rings. The van der Waals surface area contributed by atoms with Crippen LogP contribution in [-0.2, 0) is 21.5 Å². The lowest BCUT2D eigenvalue weighted by molar-refractivity contribution is 0.0693. The average molecular weight is 450 g/mol. The molecule has 2 aromatic carbocycles. The molecule has 2 fully saturated rings. The topological polar surface area (TPSA) is 85.1 Å². The van der Waals surface area contributed by atoms with Crippen molar-refractivity contribution in [1.82, 2.24) is 8.61 Å². The maximum absolute atomic E-state index is 14.4. The van der Waals surface area contributed by atoms with Crippen LogP contribution in [0.2, 0.25) is 0 Å². The first-order valence-corrected chi connectivity index (χ1v) is 11.9. The number of halogens is 1. The first kappa shape index (κ1) is 22.2. The van der Waals surface area contributed by atoms with Crippen LogP contribution in [0.4, 0.5) is 4.39 Å². The van der Waals surface area contributed by atoms with E-state index in [1.165, 1.54) is 14.7 Å². The Morgan fingerprint density at radius 2 is 1.90 bits per heavy atom. The lowest BCUT2D eigenvalue weighted by atomic mass is 9.96. The highest BCUT2D eigenvalue weighted by molar-refractivity contribution is 7.86. The van der Waals surface area contributed by atoms with Gasteiger partial charge in [0, 0.05) is 32.1 Å². The number of nitrogens with zero attached hydrogens (tertiary/aromatic N) is 2. The summed E-state index contributed by atoms with van der Waals surface area (Å²) in [7, 11) is -3.72. The second-order valence-electron chi connectivity index (χ2n) is 7.86. The minimum atomic E-state index is -3.72. The van der Waals surface area contributed by atoms with Gasteiger partial charge in [0.25, 0.3) is 10.2 Å². The molecule has 4 rings (SSSR count). The monoisotopic (exact) mass is 449 g/mol. The van der Waals surface area contributed by atoms with Crippen LogP contribution in [0.25, 0.3) is 0 Å². The molecule has 0 spiro atoms. The van der Waals surface area contributed by atoms with Crippen LogP contribution in [0.3, 0.4) is 0 Å². The van der Waals surface area contributed by atoms with E-state index < -0.39 is 16.3 Å². The van der Waals surface area contributed by atoms with Crippen LogP contribution in [0.1, 0.15) is 23.5 Å². The normalized spacial score (nSPS) is 23.2. The van der Waals surface area contributed by atoms with Gasteiger partial charge in [0.05, 0.1) is 19.3 Å². The quantitative estimate of drug-likeness (QED) is 0.700. The number of rotatable bonds is 7. The molecule has 0 aromatic heterocycles. The van der Waals surface area contributed by atoms with Crippen molar-refractivity contribution in [3.63, 3.8) is 0 Å². The van der Waals surface area contributed by atoms with Crippen molar-refractivity contribution < 1.29 is 22.3 Å². The molecule has 0 amide bonds. The van der Waals surface area contributed by atoms with E-state index in [1.54, 1.807) is 18.2 Å². The third kappa shape index (κ3) is 4.91. The molecule has 168 valence electrons. The molecule has 2 N–H and O–H groups in total. The smallest absolute Gasteiger partial charge is 0.282 e. The maximum atomic E-state index is 14.4. The summed E-state index contributed by atoms with van der Waals surface area (Å²) in [4.78, 5) is 0. The molecule has 0 aliphatic carbocycles. The molecule has 31 heavy (non-hydrogen) atoms. The average Bonchev–Trinajstić information content (AvgIpc) is 3.23. The zero-order valence-corrected chi connectivity index (χ0v) is 18.1. The van der Waals surface area contributed by atoms with E-state index in [0.29, 0.717) is 50.6 Å². The zero-order valence-electron chi connectivity index (χ0n) is 17.3. The van der Waals surface area contributed by atoms with Gasteiger partial charge in [0.2, 0.25) is 0 Å². The molecule has 9 heteroatoms. The van der Waals surface area contributed by atoms with Crippen LogP contribution in [0, 0.1) is 5.82 Å². The van der Waals surface area contributed by atoms with E-state index >= 15 is 0 Å². The number of benzene rings is 2. The van der Waals surface area contributed by atoms with Crippen LogP contribution in [-0.4, -0.2) is 62.5 Å². The fourth-order valence-electron chi connectivity index (χ4n) is 4.23. The summed E-state index contributed by atoms with van der Waals surface area (Å²) in [5.41, 5.74) is 7.18. The molecule has 2 atom stereocenters. The first-order valence-electron chi connectivity index (χ1n) is 10.5. The minimum Gasteiger partial charge on any atom is -0.492 e. The summed E-state index contributed by atoms with van der Waals surface area (Å²) in [6.45, 7) is 2.17. The Morgan fingerprint density at radius 3 is 2.65 bits per heavy atom. The lowest BCUT2D eigenvalue weighted by Crippen LogP contribution is -2.51. The highest BCUT2D eigenvalue weighted by atomic mass is 32.2. The molecule has 0 saturated carbocycles. The molecule has 2 aliphatic heterocycles. The van der Waals surface area contributed by atoms with Gasteiger partial charge in [-0.05, 0) is 35.7 Å². The number of morpholine rings is 1. The number of hydrogen-bond donors (Lipinski definition) is 1. The van der Waals surface area contributed by atoms with Gasteiger partial charge < -0.3 is 15.2 Å². The molecular weight excluding hydrogens is 421 g/mol. The molecule has 7 nitrogen and oxygen atoms in total. The van der Waals surface area contributed by atoms with E-state index in [9.17, 15) is 12.8 Å². The van der Waals surface area contributed by atoms with Crippen molar-refractivity contribution in [3.8, 4) is 5.75 Å². The van der Waals surface area contributed by atoms with Crippen molar-refractivity contribution in [2.75, 3.05) is 39.5 Å². The molecule has 0 unspecified atom stereocenters. The van der Waals surface area contributed by atoms with E-state index in [-0.39, 0.29) is 24.9 Å². The summed E-state index contributed by atoms with van der Waals surface area (Å²) in [5.74, 6) is 0.0930. The Kier molecular flexibility index (Phi) is 6.88. The molecule has 2 saturated heterocycles. The SMILES string of the molecule is NCc1cccc(OC[C@@H]2C[C@H](c3ccccc3F)CN2S(=O)(=O)N2CCOCC2)c1. The number of hydrogen-bond acceptors (Lipinski definition) is 5. The standard InChI is InChI=1S/C22H28FN3O4S/c23-22-7-2-1-6-21(22)18-13-19(16-30-20-5-3-4-17(12-20)14-24)26(15-18)31(27,28)25-8-10-29-11-9-25/h1-7,12,18-19H,8-11,13-16,24H2/t18-,19-/m0/s1. The van der Waals surface area contributed by atoms with Gasteiger partial charge in [-0.15, -0.1) is 0 Å². The predicted molar refractivity (Wildman–Crippen MR) is 115 cm³/mol. The summed E-state index contributed by atoms with van der Waals surface area (Å²) in [5, 5.41) is 0. The Morgan fingerprint density at radius 1 is 1.13 bits per heavy atom. The molecule has 0 bridgehead atoms. The van der Waals surface area contributed by atoms with Gasteiger partial charge in [0.15, 0.2) is 0 Å². The van der Waals surface area contributed by atoms with Gasteiger partial charge in [-0.1, -0.05) is 30.3 Å². The second kappa shape index (κ2) is 9.62. The molecule has 2 heterocycles. The van der Waals surface area contributed by atoms with Gasteiger partial charge in [-0.2, -0.15) is 17.0 Å². The van der Waals surface area contributed by atoms with Gasteiger partial charge in [-0.3, -0.25) is 0 Å². The van der Waals surface area contributed by atoms with E-state index in [2.05, 4.69) is 0 Å². The van der Waals surface area contributed by atoms with Crippen molar-refractivity contribution in [3.05, 3.63) is 65.5 Å². The summed E-state index contributed by atoms with van der Waals surface area (Å²) in [6, 6.07) is 13.6. The number of ether oxygens (including phenoxy) is 2. The van der Waals surface area contributed by atoms with Crippen molar-refractivity contribution in [1.29, 1.82) is 0 Å². The zero-order chi connectivity index (χ0) is 21.8. The fraction of sp³-hybridized carbons (Fsp3) is 0.455. The van der Waals surface area contributed by atoms with E-state index in [1.807, 2.05) is 24.3 Å². The fourth-order valence-corrected chi connectivity index (χ4v) is 6.03. The van der Waals surface area contributed by atoms with Crippen LogP contribution < -0.4 is 10.5 Å². The Bertz CT molecular complexity index is 998. The van der Waals surface area contributed by atoms with Crippen molar-refractivity contribution >= 4 is 10.2 Å². The molecular formula is C22H28FN3O4S. The lowest BCUT2D eigenvalue weighted by Gasteiger charge is -2.32. The molecule has 2 aromatic rings. The van der Waals surface area contributed by atoms with Crippen LogP contribution >= 0.6 is 0 Å². The van der Waals surface area contributed by atoms with Gasteiger partial charge in [0.1, 0.15) is 18.2 Å². The number of nitrogens with two attached hydrogens (primary N) is 1.